The van der Waals surface area contributed by atoms with Crippen molar-refractivity contribution in [2.45, 2.75) is 17.7 Å². The molecule has 0 heterocycles. The largest absolute Gasteiger partial charge is 0.495 e. The Morgan fingerprint density at radius 3 is 2.63 bits per heavy atom. The summed E-state index contributed by atoms with van der Waals surface area (Å²) in [6.07, 6.45) is 2.13. The first-order valence-electron chi connectivity index (χ1n) is 5.71. The molecule has 0 unspecified atom stereocenters. The first-order chi connectivity index (χ1) is 8.91. The van der Waals surface area contributed by atoms with E-state index in [1.54, 1.807) is 0 Å². The van der Waals surface area contributed by atoms with Crippen LogP contribution in [0, 0.1) is 5.92 Å². The fourth-order valence-corrected chi connectivity index (χ4v) is 2.58. The Kier molecular flexibility index (Phi) is 4.01. The van der Waals surface area contributed by atoms with Crippen molar-refractivity contribution in [1.82, 2.24) is 0 Å². The van der Waals surface area contributed by atoms with E-state index in [0.29, 0.717) is 12.5 Å². The lowest BCUT2D eigenvalue weighted by atomic mass is 10.2. The molecule has 19 heavy (non-hydrogen) atoms. The van der Waals surface area contributed by atoms with Gasteiger partial charge in [-0.2, -0.15) is 0 Å². The second-order valence-corrected chi connectivity index (χ2v) is 6.88. The predicted octanol–water partition coefficient (Wildman–Crippen LogP) is 2.19. The standard InChI is InChI=1S/C12H13ClO5S/c1-17-10-5-4-9(6-11(10)19(13,15)16)12(14)18-7-8-2-3-8/h4-6,8H,2-3,7H2,1H3. The van der Waals surface area contributed by atoms with Crippen LogP contribution in [0.5, 0.6) is 5.75 Å². The fourth-order valence-electron chi connectivity index (χ4n) is 1.56. The van der Waals surface area contributed by atoms with Gasteiger partial charge in [0.05, 0.1) is 19.3 Å². The fraction of sp³-hybridized carbons (Fsp3) is 0.417. The van der Waals surface area contributed by atoms with Crippen LogP contribution in [0.4, 0.5) is 0 Å². The summed E-state index contributed by atoms with van der Waals surface area (Å²) in [4.78, 5) is 11.5. The van der Waals surface area contributed by atoms with E-state index < -0.39 is 15.0 Å². The average Bonchev–Trinajstić information content (AvgIpc) is 3.18. The van der Waals surface area contributed by atoms with Gasteiger partial charge in [-0.3, -0.25) is 0 Å². The van der Waals surface area contributed by atoms with Crippen molar-refractivity contribution in [3.63, 3.8) is 0 Å². The van der Waals surface area contributed by atoms with Gasteiger partial charge in [0, 0.05) is 10.7 Å². The smallest absolute Gasteiger partial charge is 0.338 e. The molecule has 0 amide bonds. The van der Waals surface area contributed by atoms with Crippen molar-refractivity contribution in [1.29, 1.82) is 0 Å². The topological polar surface area (TPSA) is 69.7 Å². The summed E-state index contributed by atoms with van der Waals surface area (Å²) in [5, 5.41) is 0. The molecular formula is C12H13ClO5S. The Morgan fingerprint density at radius 2 is 2.11 bits per heavy atom. The minimum absolute atomic E-state index is 0.0914. The Morgan fingerprint density at radius 1 is 1.42 bits per heavy atom. The van der Waals surface area contributed by atoms with Crippen LogP contribution in [0.1, 0.15) is 23.2 Å². The van der Waals surface area contributed by atoms with Crippen molar-refractivity contribution in [2.75, 3.05) is 13.7 Å². The van der Waals surface area contributed by atoms with Crippen LogP contribution in [0.15, 0.2) is 23.1 Å². The Balaban J connectivity index is 2.23. The lowest BCUT2D eigenvalue weighted by molar-refractivity contribution is 0.0486. The monoisotopic (exact) mass is 304 g/mol. The van der Waals surface area contributed by atoms with Gasteiger partial charge in [0.25, 0.3) is 9.05 Å². The van der Waals surface area contributed by atoms with Gasteiger partial charge in [0.2, 0.25) is 0 Å². The van der Waals surface area contributed by atoms with E-state index in [1.807, 2.05) is 0 Å². The van der Waals surface area contributed by atoms with Crippen LogP contribution in [0.25, 0.3) is 0 Å². The summed E-state index contributed by atoms with van der Waals surface area (Å²) in [6, 6.07) is 3.99. The quantitative estimate of drug-likeness (QED) is 0.616. The highest BCUT2D eigenvalue weighted by Crippen LogP contribution is 2.30. The molecule has 1 saturated carbocycles. The van der Waals surface area contributed by atoms with E-state index in [9.17, 15) is 13.2 Å². The number of methoxy groups -OCH3 is 1. The van der Waals surface area contributed by atoms with Gasteiger partial charge in [0.1, 0.15) is 10.6 Å². The zero-order valence-electron chi connectivity index (χ0n) is 10.3. The number of esters is 1. The Labute approximate surface area is 115 Å². The van der Waals surface area contributed by atoms with Gasteiger partial charge in [-0.05, 0) is 37.0 Å². The average molecular weight is 305 g/mol. The zero-order chi connectivity index (χ0) is 14.0. The van der Waals surface area contributed by atoms with E-state index in [1.165, 1.54) is 19.2 Å². The molecule has 5 nitrogen and oxygen atoms in total. The summed E-state index contributed by atoms with van der Waals surface area (Å²) in [6.45, 7) is 0.369. The van der Waals surface area contributed by atoms with Crippen LogP contribution in [0.2, 0.25) is 0 Å². The summed E-state index contributed by atoms with van der Waals surface area (Å²) in [5.74, 6) is -0.0247. The van der Waals surface area contributed by atoms with Crippen LogP contribution in [0.3, 0.4) is 0 Å². The van der Waals surface area contributed by atoms with Crippen molar-refractivity contribution < 1.29 is 22.7 Å². The number of hydrogen-bond acceptors (Lipinski definition) is 5. The molecule has 0 radical (unpaired) electrons. The van der Waals surface area contributed by atoms with Gasteiger partial charge in [-0.15, -0.1) is 0 Å². The van der Waals surface area contributed by atoms with Crippen LogP contribution < -0.4 is 4.74 Å². The van der Waals surface area contributed by atoms with Gasteiger partial charge >= 0.3 is 5.97 Å². The second kappa shape index (κ2) is 5.38. The molecule has 1 aromatic rings. The number of ether oxygens (including phenoxy) is 2. The maximum absolute atomic E-state index is 11.8. The molecule has 1 aliphatic carbocycles. The van der Waals surface area contributed by atoms with E-state index in [0.717, 1.165) is 18.9 Å². The van der Waals surface area contributed by atoms with Gasteiger partial charge in [0.15, 0.2) is 0 Å². The molecule has 0 aliphatic heterocycles. The molecule has 104 valence electrons. The van der Waals surface area contributed by atoms with Gasteiger partial charge < -0.3 is 9.47 Å². The first-order valence-corrected chi connectivity index (χ1v) is 8.02. The number of hydrogen-bond donors (Lipinski definition) is 0. The van der Waals surface area contributed by atoms with E-state index in [4.69, 9.17) is 20.2 Å². The van der Waals surface area contributed by atoms with E-state index >= 15 is 0 Å². The molecule has 1 fully saturated rings. The van der Waals surface area contributed by atoms with E-state index in [2.05, 4.69) is 0 Å². The second-order valence-electron chi connectivity index (χ2n) is 4.35. The Hall–Kier alpha value is -1.27. The molecule has 0 spiro atoms. The predicted molar refractivity (Wildman–Crippen MR) is 69.0 cm³/mol. The number of benzene rings is 1. The van der Waals surface area contributed by atoms with E-state index in [-0.39, 0.29) is 16.2 Å². The maximum Gasteiger partial charge on any atom is 0.338 e. The lowest BCUT2D eigenvalue weighted by Gasteiger charge is -2.08. The third-order valence-corrected chi connectivity index (χ3v) is 4.15. The minimum Gasteiger partial charge on any atom is -0.495 e. The van der Waals surface area contributed by atoms with Crippen LogP contribution in [-0.4, -0.2) is 28.1 Å². The molecular weight excluding hydrogens is 292 g/mol. The molecule has 0 N–H and O–H groups in total. The molecule has 1 aliphatic rings. The molecule has 0 bridgehead atoms. The molecule has 0 saturated heterocycles. The Bertz CT molecular complexity index is 592. The highest BCUT2D eigenvalue weighted by atomic mass is 35.7. The zero-order valence-corrected chi connectivity index (χ0v) is 11.8. The van der Waals surface area contributed by atoms with Crippen molar-refractivity contribution >= 4 is 25.7 Å². The van der Waals surface area contributed by atoms with Crippen molar-refractivity contribution in [2.24, 2.45) is 5.92 Å². The van der Waals surface area contributed by atoms with Gasteiger partial charge in [-0.25, -0.2) is 13.2 Å². The normalized spacial score (nSPS) is 15.1. The first kappa shape index (κ1) is 14.1. The third-order valence-electron chi connectivity index (χ3n) is 2.81. The summed E-state index contributed by atoms with van der Waals surface area (Å²) >= 11 is 0. The highest BCUT2D eigenvalue weighted by molar-refractivity contribution is 8.13. The maximum atomic E-state index is 11.8. The third kappa shape index (κ3) is 3.61. The van der Waals surface area contributed by atoms with Crippen molar-refractivity contribution in [3.05, 3.63) is 23.8 Å². The van der Waals surface area contributed by atoms with Crippen LogP contribution in [-0.2, 0) is 13.8 Å². The number of halogens is 1. The molecule has 2 rings (SSSR count). The van der Waals surface area contributed by atoms with Crippen molar-refractivity contribution in [3.8, 4) is 5.75 Å². The van der Waals surface area contributed by atoms with Crippen LogP contribution >= 0.6 is 10.7 Å². The highest BCUT2D eigenvalue weighted by Gasteiger charge is 2.24. The molecule has 0 atom stereocenters. The number of carbonyl (C=O) groups excluding carboxylic acids is 1. The minimum atomic E-state index is -3.98. The SMILES string of the molecule is COc1ccc(C(=O)OCC2CC2)cc1S(=O)(=O)Cl. The summed E-state index contributed by atoms with van der Waals surface area (Å²) < 4.78 is 32.8. The number of carbonyl (C=O) groups is 1. The summed E-state index contributed by atoms with van der Waals surface area (Å²) in [5.41, 5.74) is 0.140. The molecule has 1 aromatic carbocycles. The number of rotatable bonds is 5. The molecule has 0 aromatic heterocycles. The lowest BCUT2D eigenvalue weighted by Crippen LogP contribution is -2.08. The van der Waals surface area contributed by atoms with Gasteiger partial charge in [-0.1, -0.05) is 0 Å². The summed E-state index contributed by atoms with van der Waals surface area (Å²) in [7, 11) is 2.64. The molecule has 7 heteroatoms.